The second-order valence-electron chi connectivity index (χ2n) is 5.93. The summed E-state index contributed by atoms with van der Waals surface area (Å²) in [6, 6.07) is 0. The summed E-state index contributed by atoms with van der Waals surface area (Å²) in [5.41, 5.74) is 0.674. The average molecular weight is 327 g/mol. The molecule has 3 rings (SSSR count). The lowest BCUT2D eigenvalue weighted by Gasteiger charge is -2.12. The van der Waals surface area contributed by atoms with Crippen LogP contribution >= 0.6 is 11.3 Å². The molecule has 6 nitrogen and oxygen atoms in total. The molecular weight excluding hydrogens is 310 g/mol. The van der Waals surface area contributed by atoms with Gasteiger partial charge in [0.15, 0.2) is 10.9 Å². The smallest absolute Gasteiger partial charge is 0.218 e. The first-order valence-corrected chi connectivity index (χ1v) is 8.01. The predicted molar refractivity (Wildman–Crippen MR) is 91.6 cm³/mol. The molecule has 0 spiro atoms. The molecule has 0 saturated heterocycles. The highest BCUT2D eigenvalue weighted by molar-refractivity contribution is 7.13. The molecule has 3 aromatic rings. The van der Waals surface area contributed by atoms with Gasteiger partial charge in [0.1, 0.15) is 5.76 Å². The number of oxazole rings is 1. The van der Waals surface area contributed by atoms with Crippen molar-refractivity contribution >= 4 is 34.4 Å². The van der Waals surface area contributed by atoms with Crippen LogP contribution in [0.15, 0.2) is 34.6 Å². The summed E-state index contributed by atoms with van der Waals surface area (Å²) >= 11 is 1.51. The summed E-state index contributed by atoms with van der Waals surface area (Å²) in [5.74, 6) is 2.07. The first kappa shape index (κ1) is 15.4. The van der Waals surface area contributed by atoms with Crippen molar-refractivity contribution in [2.75, 3.05) is 5.32 Å². The highest BCUT2D eigenvalue weighted by Gasteiger charge is 2.18. The van der Waals surface area contributed by atoms with Gasteiger partial charge in [0.25, 0.3) is 0 Å². The SMILES string of the molecule is CC(C)(C)c1cnc(/C=C/c2cnc(Nc3nccs3)cn2)o1. The molecule has 0 aliphatic rings. The fourth-order valence-electron chi connectivity index (χ4n) is 1.75. The Balaban J connectivity index is 1.67. The van der Waals surface area contributed by atoms with Crippen LogP contribution in [-0.4, -0.2) is 19.9 Å². The van der Waals surface area contributed by atoms with E-state index in [2.05, 4.69) is 46.0 Å². The molecule has 0 radical (unpaired) electrons. The largest absolute Gasteiger partial charge is 0.441 e. The number of rotatable bonds is 4. The van der Waals surface area contributed by atoms with Crippen molar-refractivity contribution in [3.05, 3.63) is 47.5 Å². The molecule has 23 heavy (non-hydrogen) atoms. The number of aromatic nitrogens is 4. The molecule has 1 N–H and O–H groups in total. The molecular formula is C16H17N5OS. The van der Waals surface area contributed by atoms with Gasteiger partial charge in [-0.3, -0.25) is 4.98 Å². The van der Waals surface area contributed by atoms with Gasteiger partial charge in [-0.1, -0.05) is 20.8 Å². The number of nitrogens with one attached hydrogen (secondary N) is 1. The summed E-state index contributed by atoms with van der Waals surface area (Å²) in [4.78, 5) is 17.0. The fourth-order valence-corrected chi connectivity index (χ4v) is 2.29. The summed E-state index contributed by atoms with van der Waals surface area (Å²) in [6.07, 6.45) is 10.4. The van der Waals surface area contributed by atoms with Crippen LogP contribution in [0.1, 0.15) is 38.1 Å². The van der Waals surface area contributed by atoms with Crippen molar-refractivity contribution in [3.8, 4) is 0 Å². The van der Waals surface area contributed by atoms with Crippen LogP contribution in [-0.2, 0) is 5.41 Å². The van der Waals surface area contributed by atoms with Crippen molar-refractivity contribution in [1.29, 1.82) is 0 Å². The molecule has 3 aromatic heterocycles. The Kier molecular flexibility index (Phi) is 4.20. The third-order valence-corrected chi connectivity index (χ3v) is 3.69. The van der Waals surface area contributed by atoms with E-state index in [0.717, 1.165) is 16.6 Å². The molecule has 0 atom stereocenters. The quantitative estimate of drug-likeness (QED) is 0.776. The second kappa shape index (κ2) is 6.29. The Labute approximate surface area is 138 Å². The third kappa shape index (κ3) is 4.01. The molecule has 0 aromatic carbocycles. The van der Waals surface area contributed by atoms with Crippen LogP contribution in [0.4, 0.5) is 10.9 Å². The van der Waals surface area contributed by atoms with E-state index >= 15 is 0 Å². The maximum atomic E-state index is 5.70. The van der Waals surface area contributed by atoms with E-state index in [-0.39, 0.29) is 5.41 Å². The van der Waals surface area contributed by atoms with Crippen LogP contribution in [0.5, 0.6) is 0 Å². The molecule has 0 aliphatic carbocycles. The van der Waals surface area contributed by atoms with Crippen LogP contribution in [0.3, 0.4) is 0 Å². The zero-order chi connectivity index (χ0) is 16.3. The van der Waals surface area contributed by atoms with Crippen LogP contribution in [0, 0.1) is 0 Å². The second-order valence-corrected chi connectivity index (χ2v) is 6.83. The monoisotopic (exact) mass is 327 g/mol. The minimum atomic E-state index is -0.0535. The molecule has 0 fully saturated rings. The highest BCUT2D eigenvalue weighted by Crippen LogP contribution is 2.23. The summed E-state index contributed by atoms with van der Waals surface area (Å²) in [5, 5.41) is 5.77. The highest BCUT2D eigenvalue weighted by atomic mass is 32.1. The number of nitrogens with zero attached hydrogens (tertiary/aromatic N) is 4. The Bertz CT molecular complexity index is 785. The number of hydrogen-bond acceptors (Lipinski definition) is 7. The summed E-state index contributed by atoms with van der Waals surface area (Å²) in [7, 11) is 0. The molecule has 0 amide bonds. The van der Waals surface area contributed by atoms with Gasteiger partial charge in [-0.25, -0.2) is 15.0 Å². The number of anilines is 2. The van der Waals surface area contributed by atoms with E-state index in [1.165, 1.54) is 11.3 Å². The van der Waals surface area contributed by atoms with Gasteiger partial charge in [-0.2, -0.15) is 0 Å². The van der Waals surface area contributed by atoms with Crippen molar-refractivity contribution in [2.45, 2.75) is 26.2 Å². The van der Waals surface area contributed by atoms with Gasteiger partial charge in [-0.05, 0) is 6.08 Å². The maximum absolute atomic E-state index is 5.70. The van der Waals surface area contributed by atoms with Crippen molar-refractivity contribution < 1.29 is 4.42 Å². The molecule has 118 valence electrons. The van der Waals surface area contributed by atoms with Gasteiger partial charge >= 0.3 is 0 Å². The van der Waals surface area contributed by atoms with E-state index in [1.807, 2.05) is 11.5 Å². The zero-order valence-electron chi connectivity index (χ0n) is 13.1. The molecule has 0 bridgehead atoms. The van der Waals surface area contributed by atoms with E-state index in [0.29, 0.717) is 11.7 Å². The Morgan fingerprint density at radius 3 is 2.52 bits per heavy atom. The van der Waals surface area contributed by atoms with Crippen LogP contribution in [0.25, 0.3) is 12.2 Å². The predicted octanol–water partition coefficient (Wildman–Crippen LogP) is 4.13. The first-order valence-electron chi connectivity index (χ1n) is 7.14. The van der Waals surface area contributed by atoms with Crippen molar-refractivity contribution in [1.82, 2.24) is 19.9 Å². The third-order valence-electron chi connectivity index (χ3n) is 3.00. The van der Waals surface area contributed by atoms with E-state index in [1.54, 1.807) is 30.9 Å². The topological polar surface area (TPSA) is 76.7 Å². The minimum absolute atomic E-state index is 0.0535. The van der Waals surface area contributed by atoms with E-state index < -0.39 is 0 Å². The van der Waals surface area contributed by atoms with Gasteiger partial charge in [-0.15, -0.1) is 11.3 Å². The molecule has 0 aliphatic heterocycles. The molecule has 0 saturated carbocycles. The Hall–Kier alpha value is -2.54. The Morgan fingerprint density at radius 2 is 1.91 bits per heavy atom. The molecule has 3 heterocycles. The molecule has 7 heteroatoms. The lowest BCUT2D eigenvalue weighted by molar-refractivity contribution is 0.403. The summed E-state index contributed by atoms with van der Waals surface area (Å²) < 4.78 is 5.70. The van der Waals surface area contributed by atoms with E-state index in [4.69, 9.17) is 4.42 Å². The van der Waals surface area contributed by atoms with E-state index in [9.17, 15) is 0 Å². The normalized spacial score (nSPS) is 12.0. The lowest BCUT2D eigenvalue weighted by Crippen LogP contribution is -2.09. The van der Waals surface area contributed by atoms with Gasteiger partial charge in [0.2, 0.25) is 5.89 Å². The molecule has 0 unspecified atom stereocenters. The van der Waals surface area contributed by atoms with Gasteiger partial charge in [0, 0.05) is 23.1 Å². The lowest BCUT2D eigenvalue weighted by atomic mass is 9.94. The minimum Gasteiger partial charge on any atom is -0.441 e. The zero-order valence-corrected chi connectivity index (χ0v) is 14.0. The summed E-state index contributed by atoms with van der Waals surface area (Å²) in [6.45, 7) is 6.25. The van der Waals surface area contributed by atoms with Crippen LogP contribution in [0.2, 0.25) is 0 Å². The average Bonchev–Trinajstić information content (AvgIpc) is 3.17. The van der Waals surface area contributed by atoms with Crippen molar-refractivity contribution in [3.63, 3.8) is 0 Å². The Morgan fingerprint density at radius 1 is 1.04 bits per heavy atom. The fraction of sp³-hybridized carbons (Fsp3) is 0.250. The number of hydrogen-bond donors (Lipinski definition) is 1. The van der Waals surface area contributed by atoms with Gasteiger partial charge in [0.05, 0.1) is 24.3 Å². The standard InChI is InChI=1S/C16H17N5OS/c1-16(2,3)12-9-20-14(22-12)5-4-11-8-19-13(10-18-11)21-15-17-6-7-23-15/h4-10H,1-3H3,(H,17,19,21)/b5-4+. The maximum Gasteiger partial charge on any atom is 0.218 e. The number of thiazole rings is 1. The van der Waals surface area contributed by atoms with Crippen LogP contribution < -0.4 is 5.32 Å². The van der Waals surface area contributed by atoms with Gasteiger partial charge < -0.3 is 9.73 Å². The first-order chi connectivity index (χ1) is 11.0. The van der Waals surface area contributed by atoms with Crippen molar-refractivity contribution in [2.24, 2.45) is 0 Å².